The highest BCUT2D eigenvalue weighted by molar-refractivity contribution is 6.13. The number of para-hydroxylation sites is 1. The van der Waals surface area contributed by atoms with Crippen molar-refractivity contribution in [2.45, 2.75) is 19.5 Å². The van der Waals surface area contributed by atoms with E-state index in [2.05, 4.69) is 199 Å². The molecule has 0 amide bonds. The number of hydrogen-bond acceptors (Lipinski definition) is 6. The summed E-state index contributed by atoms with van der Waals surface area (Å²) in [4.78, 5) is 18.0. The van der Waals surface area contributed by atoms with Crippen molar-refractivity contribution in [3.8, 4) is 78.7 Å². The van der Waals surface area contributed by atoms with Gasteiger partial charge in [0.05, 0.1) is 11.4 Å². The summed E-state index contributed by atoms with van der Waals surface area (Å²) in [5, 5.41) is 8.40. The Morgan fingerprint density at radius 1 is 0.412 bits per heavy atom. The molecule has 1 atom stereocenters. The molecule has 0 spiro atoms. The van der Waals surface area contributed by atoms with E-state index in [-0.39, 0.29) is 6.17 Å². The minimum absolute atomic E-state index is 0.110. The van der Waals surface area contributed by atoms with Crippen LogP contribution < -0.4 is 16.0 Å². The summed E-state index contributed by atoms with van der Waals surface area (Å²) in [5.74, 6) is 1.80. The molecule has 6 heteroatoms. The molecule has 1 aliphatic rings. The number of aromatic nitrogens is 3. The van der Waals surface area contributed by atoms with Gasteiger partial charge in [-0.1, -0.05) is 201 Å². The van der Waals surface area contributed by atoms with Gasteiger partial charge >= 0.3 is 0 Å². The molecule has 1 aliphatic heterocycles. The quantitative estimate of drug-likeness (QED) is 0.111. The third kappa shape index (κ3) is 7.20. The van der Waals surface area contributed by atoms with E-state index in [9.17, 15) is 0 Å². The Labute approximate surface area is 396 Å². The van der Waals surface area contributed by atoms with E-state index in [1.165, 1.54) is 27.6 Å². The Morgan fingerprint density at radius 3 is 1.68 bits per heavy atom. The highest BCUT2D eigenvalue weighted by Crippen LogP contribution is 2.46. The SMILES string of the molecule is CCC1Nc2cc(-c3ccccc3-c3ccccc3)ccc2N1c1ccc(-c2cccc(-c3ccccc3-c3nc(-c4ccccc4)nc(-c4cc5ccccc5c5ccccc45)n3)c2N)cc1. The molecule has 324 valence electrons. The maximum atomic E-state index is 7.25. The zero-order valence-electron chi connectivity index (χ0n) is 37.5. The lowest BCUT2D eigenvalue weighted by Gasteiger charge is -2.26. The van der Waals surface area contributed by atoms with Crippen LogP contribution in [0.15, 0.2) is 224 Å². The first-order valence-corrected chi connectivity index (χ1v) is 23.3. The molecule has 6 nitrogen and oxygen atoms in total. The topological polar surface area (TPSA) is 80.0 Å². The van der Waals surface area contributed by atoms with Crippen molar-refractivity contribution in [1.82, 2.24) is 15.0 Å². The lowest BCUT2D eigenvalue weighted by Crippen LogP contribution is -2.30. The van der Waals surface area contributed by atoms with E-state index >= 15 is 0 Å². The van der Waals surface area contributed by atoms with Crippen molar-refractivity contribution in [3.63, 3.8) is 0 Å². The standard InChI is InChI=1S/C62H46N6/c1-2-58-64-56-39-44(47-24-12-11-23-46(47)40-18-5-3-6-19-40)34-37-57(56)68(58)45-35-32-41(33-36-45)49-30-17-31-53(59(49)63)52-28-15-16-29-54(52)61-65-60(42-20-7-4-8-21-42)66-62(67-61)55-38-43-22-9-10-25-48(43)50-26-13-14-27-51(50)55/h3-39,58,64H,2,63H2,1H3. The van der Waals surface area contributed by atoms with Crippen molar-refractivity contribution in [2.75, 3.05) is 16.0 Å². The van der Waals surface area contributed by atoms with Crippen molar-refractivity contribution >= 4 is 44.3 Å². The number of anilines is 4. The molecular weight excluding hydrogens is 829 g/mol. The predicted molar refractivity (Wildman–Crippen MR) is 284 cm³/mol. The molecule has 0 bridgehead atoms. The lowest BCUT2D eigenvalue weighted by atomic mass is 9.93. The second-order valence-electron chi connectivity index (χ2n) is 17.3. The Bertz CT molecular complexity index is 3660. The average molecular weight is 875 g/mol. The summed E-state index contributed by atoms with van der Waals surface area (Å²) in [5.41, 5.74) is 22.8. The monoisotopic (exact) mass is 874 g/mol. The molecule has 12 rings (SSSR count). The van der Waals surface area contributed by atoms with E-state index in [1.807, 2.05) is 42.5 Å². The first kappa shape index (κ1) is 40.6. The van der Waals surface area contributed by atoms with E-state index < -0.39 is 0 Å². The number of benzene rings is 10. The van der Waals surface area contributed by atoms with Gasteiger partial charge in [-0.05, 0) is 91.7 Å². The third-order valence-electron chi connectivity index (χ3n) is 13.3. The van der Waals surface area contributed by atoms with Gasteiger partial charge in [-0.15, -0.1) is 0 Å². The summed E-state index contributed by atoms with van der Waals surface area (Å²) in [7, 11) is 0. The molecule has 1 unspecified atom stereocenters. The number of nitrogen functional groups attached to an aromatic ring is 1. The molecule has 11 aromatic rings. The molecule has 0 fully saturated rings. The van der Waals surface area contributed by atoms with Gasteiger partial charge in [-0.25, -0.2) is 15.0 Å². The molecular formula is C62H46N6. The van der Waals surface area contributed by atoms with Gasteiger partial charge in [0.2, 0.25) is 0 Å². The fraction of sp³-hybridized carbons (Fsp3) is 0.0484. The van der Waals surface area contributed by atoms with Crippen LogP contribution in [0.25, 0.3) is 100 Å². The normalized spacial score (nSPS) is 13.1. The Hall–Kier alpha value is -8.87. The molecule has 0 aliphatic carbocycles. The number of nitrogens with zero attached hydrogens (tertiary/aromatic N) is 4. The van der Waals surface area contributed by atoms with Crippen LogP contribution >= 0.6 is 0 Å². The second kappa shape index (κ2) is 17.2. The third-order valence-corrected chi connectivity index (χ3v) is 13.3. The fourth-order valence-electron chi connectivity index (χ4n) is 9.99. The van der Waals surface area contributed by atoms with Crippen molar-refractivity contribution in [3.05, 3.63) is 224 Å². The molecule has 0 saturated carbocycles. The van der Waals surface area contributed by atoms with Crippen LogP contribution in [-0.4, -0.2) is 21.1 Å². The maximum Gasteiger partial charge on any atom is 0.164 e. The number of hydrogen-bond donors (Lipinski definition) is 2. The van der Waals surface area contributed by atoms with Crippen molar-refractivity contribution in [1.29, 1.82) is 0 Å². The number of nitrogens with one attached hydrogen (secondary N) is 1. The number of fused-ring (bicyclic) bond motifs is 4. The molecule has 1 aromatic heterocycles. The number of rotatable bonds is 9. The lowest BCUT2D eigenvalue weighted by molar-refractivity contribution is 0.728. The van der Waals surface area contributed by atoms with E-state index in [4.69, 9.17) is 20.7 Å². The van der Waals surface area contributed by atoms with Crippen LogP contribution in [0.2, 0.25) is 0 Å². The summed E-state index contributed by atoms with van der Waals surface area (Å²) in [6.07, 6.45) is 1.04. The van der Waals surface area contributed by atoms with E-state index in [0.29, 0.717) is 23.2 Å². The smallest absolute Gasteiger partial charge is 0.164 e. The Balaban J connectivity index is 0.903. The molecule has 0 radical (unpaired) electrons. The van der Waals surface area contributed by atoms with Gasteiger partial charge in [0.1, 0.15) is 6.17 Å². The minimum atomic E-state index is 0.110. The molecule has 3 N–H and O–H groups in total. The van der Waals surface area contributed by atoms with Gasteiger partial charge in [0.15, 0.2) is 17.5 Å². The first-order chi connectivity index (χ1) is 33.6. The van der Waals surface area contributed by atoms with Crippen molar-refractivity contribution < 1.29 is 0 Å². The molecule has 68 heavy (non-hydrogen) atoms. The maximum absolute atomic E-state index is 7.25. The zero-order valence-corrected chi connectivity index (χ0v) is 37.5. The van der Waals surface area contributed by atoms with Gasteiger partial charge in [0.25, 0.3) is 0 Å². The molecule has 10 aromatic carbocycles. The predicted octanol–water partition coefficient (Wildman–Crippen LogP) is 15.7. The van der Waals surface area contributed by atoms with Gasteiger partial charge in [-0.2, -0.15) is 0 Å². The zero-order chi connectivity index (χ0) is 45.6. The number of nitrogens with two attached hydrogens (primary N) is 1. The van der Waals surface area contributed by atoms with Crippen LogP contribution in [0.1, 0.15) is 13.3 Å². The summed E-state index contributed by atoms with van der Waals surface area (Å²) < 4.78 is 0. The Morgan fingerprint density at radius 2 is 0.941 bits per heavy atom. The summed E-state index contributed by atoms with van der Waals surface area (Å²) in [6.45, 7) is 2.23. The fourth-order valence-corrected chi connectivity index (χ4v) is 9.99. The van der Waals surface area contributed by atoms with Gasteiger partial charge < -0.3 is 16.0 Å². The molecule has 0 saturated heterocycles. The first-order valence-electron chi connectivity index (χ1n) is 23.3. The van der Waals surface area contributed by atoms with Crippen LogP contribution in [0.5, 0.6) is 0 Å². The van der Waals surface area contributed by atoms with Gasteiger partial charge in [-0.3, -0.25) is 0 Å². The van der Waals surface area contributed by atoms with Crippen molar-refractivity contribution in [2.24, 2.45) is 0 Å². The summed E-state index contributed by atoms with van der Waals surface area (Å²) >= 11 is 0. The van der Waals surface area contributed by atoms with Gasteiger partial charge in [0, 0.05) is 39.2 Å². The van der Waals surface area contributed by atoms with Crippen LogP contribution in [0.4, 0.5) is 22.7 Å². The average Bonchev–Trinajstić information content (AvgIpc) is 3.79. The molecule has 2 heterocycles. The highest BCUT2D eigenvalue weighted by atomic mass is 15.3. The van der Waals surface area contributed by atoms with E-state index in [1.54, 1.807) is 0 Å². The largest absolute Gasteiger partial charge is 0.398 e. The Kier molecular flexibility index (Phi) is 10.3. The van der Waals surface area contributed by atoms with Crippen LogP contribution in [-0.2, 0) is 0 Å². The minimum Gasteiger partial charge on any atom is -0.398 e. The van der Waals surface area contributed by atoms with Crippen LogP contribution in [0.3, 0.4) is 0 Å². The second-order valence-corrected chi connectivity index (χ2v) is 17.3. The highest BCUT2D eigenvalue weighted by Gasteiger charge is 2.29. The van der Waals surface area contributed by atoms with Crippen LogP contribution in [0, 0.1) is 0 Å². The van der Waals surface area contributed by atoms with E-state index in [0.717, 1.165) is 78.6 Å². The summed E-state index contributed by atoms with van der Waals surface area (Å²) in [6, 6.07) is 78.7.